The number of hydrogen-bond acceptors (Lipinski definition) is 2. The minimum Gasteiger partial charge on any atom is -0.481 e. The highest BCUT2D eigenvalue weighted by Gasteiger charge is 2.28. The molecule has 1 aliphatic rings. The molecule has 108 valence electrons. The van der Waals surface area contributed by atoms with Crippen molar-refractivity contribution in [2.75, 3.05) is 11.4 Å². The van der Waals surface area contributed by atoms with Gasteiger partial charge in [0.1, 0.15) is 5.75 Å². The Balaban J connectivity index is 1.76. The molecule has 2 aromatic carbocycles. The third-order valence-electron chi connectivity index (χ3n) is 3.90. The number of carbonyl (C=O) groups is 1. The van der Waals surface area contributed by atoms with E-state index in [0.29, 0.717) is 0 Å². The van der Waals surface area contributed by atoms with Gasteiger partial charge in [0.05, 0.1) is 0 Å². The predicted molar refractivity (Wildman–Crippen MR) is 83.8 cm³/mol. The summed E-state index contributed by atoms with van der Waals surface area (Å²) in [6.07, 6.45) is 0.427. The molecule has 3 nitrogen and oxygen atoms in total. The minimum atomic E-state index is -0.489. The number of para-hydroxylation sites is 2. The van der Waals surface area contributed by atoms with E-state index in [-0.39, 0.29) is 5.91 Å². The number of amides is 1. The SMILES string of the molecule is Cc1ccccc1OC(C)C(=O)N1CCc2ccccc21. The second-order valence-electron chi connectivity index (χ2n) is 5.39. The topological polar surface area (TPSA) is 29.5 Å². The highest BCUT2D eigenvalue weighted by Crippen LogP contribution is 2.28. The third-order valence-corrected chi connectivity index (χ3v) is 3.90. The smallest absolute Gasteiger partial charge is 0.267 e. The molecule has 0 spiro atoms. The Kier molecular flexibility index (Phi) is 3.65. The quantitative estimate of drug-likeness (QED) is 0.863. The summed E-state index contributed by atoms with van der Waals surface area (Å²) in [7, 11) is 0. The van der Waals surface area contributed by atoms with Crippen LogP contribution < -0.4 is 9.64 Å². The van der Waals surface area contributed by atoms with Crippen LogP contribution in [0.15, 0.2) is 48.5 Å². The molecule has 2 aromatic rings. The second-order valence-corrected chi connectivity index (χ2v) is 5.39. The van der Waals surface area contributed by atoms with E-state index in [2.05, 4.69) is 6.07 Å². The molecule has 0 saturated carbocycles. The molecule has 0 fully saturated rings. The van der Waals surface area contributed by atoms with Crippen LogP contribution in [0.2, 0.25) is 0 Å². The summed E-state index contributed by atoms with van der Waals surface area (Å²) in [5.74, 6) is 0.786. The fraction of sp³-hybridized carbons (Fsp3) is 0.278. The monoisotopic (exact) mass is 281 g/mol. The first-order valence-electron chi connectivity index (χ1n) is 7.28. The van der Waals surface area contributed by atoms with Crippen molar-refractivity contribution in [2.45, 2.75) is 26.4 Å². The van der Waals surface area contributed by atoms with Crippen molar-refractivity contribution in [3.63, 3.8) is 0 Å². The van der Waals surface area contributed by atoms with E-state index in [4.69, 9.17) is 4.74 Å². The van der Waals surface area contributed by atoms with Crippen molar-refractivity contribution in [1.82, 2.24) is 0 Å². The van der Waals surface area contributed by atoms with Crippen molar-refractivity contribution in [2.24, 2.45) is 0 Å². The first-order valence-corrected chi connectivity index (χ1v) is 7.28. The average molecular weight is 281 g/mol. The number of carbonyl (C=O) groups excluding carboxylic acids is 1. The van der Waals surface area contributed by atoms with Crippen LogP contribution in [0, 0.1) is 6.92 Å². The van der Waals surface area contributed by atoms with Gasteiger partial charge in [-0.05, 0) is 43.5 Å². The van der Waals surface area contributed by atoms with Crippen LogP contribution >= 0.6 is 0 Å². The first kappa shape index (κ1) is 13.7. The summed E-state index contributed by atoms with van der Waals surface area (Å²) >= 11 is 0. The molecule has 1 aliphatic heterocycles. The largest absolute Gasteiger partial charge is 0.481 e. The molecule has 1 amide bonds. The van der Waals surface area contributed by atoms with Gasteiger partial charge in [0.25, 0.3) is 5.91 Å². The molecular formula is C18H19NO2. The van der Waals surface area contributed by atoms with Crippen LogP contribution in [0.25, 0.3) is 0 Å². The fourth-order valence-corrected chi connectivity index (χ4v) is 2.72. The summed E-state index contributed by atoms with van der Waals surface area (Å²) in [6, 6.07) is 15.8. The van der Waals surface area contributed by atoms with Crippen molar-refractivity contribution < 1.29 is 9.53 Å². The molecule has 3 rings (SSSR count). The van der Waals surface area contributed by atoms with Crippen LogP contribution in [0.1, 0.15) is 18.1 Å². The zero-order chi connectivity index (χ0) is 14.8. The molecule has 3 heteroatoms. The van der Waals surface area contributed by atoms with Gasteiger partial charge in [-0.2, -0.15) is 0 Å². The minimum absolute atomic E-state index is 0.0169. The molecule has 0 aromatic heterocycles. The molecule has 0 saturated heterocycles. The number of aryl methyl sites for hydroxylation is 1. The van der Waals surface area contributed by atoms with Crippen LogP contribution in [0.4, 0.5) is 5.69 Å². The lowest BCUT2D eigenvalue weighted by molar-refractivity contribution is -0.124. The van der Waals surface area contributed by atoms with Crippen LogP contribution in [-0.2, 0) is 11.2 Å². The van der Waals surface area contributed by atoms with Crippen molar-refractivity contribution >= 4 is 11.6 Å². The van der Waals surface area contributed by atoms with Gasteiger partial charge in [-0.1, -0.05) is 36.4 Å². The highest BCUT2D eigenvalue weighted by atomic mass is 16.5. The summed E-state index contributed by atoms with van der Waals surface area (Å²) in [6.45, 7) is 4.53. The summed E-state index contributed by atoms with van der Waals surface area (Å²) < 4.78 is 5.84. The zero-order valence-electron chi connectivity index (χ0n) is 12.4. The van der Waals surface area contributed by atoms with Gasteiger partial charge in [-0.15, -0.1) is 0 Å². The van der Waals surface area contributed by atoms with Gasteiger partial charge < -0.3 is 9.64 Å². The molecular weight excluding hydrogens is 262 g/mol. The molecule has 0 N–H and O–H groups in total. The van der Waals surface area contributed by atoms with Gasteiger partial charge in [0, 0.05) is 12.2 Å². The number of benzene rings is 2. The number of rotatable bonds is 3. The van der Waals surface area contributed by atoms with Crippen molar-refractivity contribution in [3.8, 4) is 5.75 Å². The van der Waals surface area contributed by atoms with E-state index >= 15 is 0 Å². The number of hydrogen-bond donors (Lipinski definition) is 0. The van der Waals surface area contributed by atoms with E-state index in [1.165, 1.54) is 5.56 Å². The molecule has 0 aliphatic carbocycles. The lowest BCUT2D eigenvalue weighted by atomic mass is 10.2. The predicted octanol–water partition coefficient (Wildman–Crippen LogP) is 3.35. The highest BCUT2D eigenvalue weighted by molar-refractivity contribution is 5.98. The van der Waals surface area contributed by atoms with Crippen LogP contribution in [0.3, 0.4) is 0 Å². The summed E-state index contributed by atoms with van der Waals surface area (Å²) in [4.78, 5) is 14.5. The van der Waals surface area contributed by atoms with Gasteiger partial charge in [-0.25, -0.2) is 0 Å². The summed E-state index contributed by atoms with van der Waals surface area (Å²) in [5.41, 5.74) is 3.29. The number of ether oxygens (including phenoxy) is 1. The van der Waals surface area contributed by atoms with Crippen molar-refractivity contribution in [1.29, 1.82) is 0 Å². The number of anilines is 1. The van der Waals surface area contributed by atoms with E-state index in [9.17, 15) is 4.79 Å². The molecule has 1 unspecified atom stereocenters. The van der Waals surface area contributed by atoms with Crippen LogP contribution in [-0.4, -0.2) is 18.6 Å². The Hall–Kier alpha value is -2.29. The standard InChI is InChI=1S/C18H19NO2/c1-13-7-3-6-10-17(13)21-14(2)18(20)19-12-11-15-8-4-5-9-16(15)19/h3-10,14H,11-12H2,1-2H3. The molecule has 21 heavy (non-hydrogen) atoms. The normalized spacial score (nSPS) is 14.7. The first-order chi connectivity index (χ1) is 10.2. The van der Waals surface area contributed by atoms with Gasteiger partial charge >= 0.3 is 0 Å². The number of nitrogens with zero attached hydrogens (tertiary/aromatic N) is 1. The maximum atomic E-state index is 12.6. The molecule has 0 radical (unpaired) electrons. The molecule has 1 heterocycles. The van der Waals surface area contributed by atoms with E-state index < -0.39 is 6.10 Å². The average Bonchev–Trinajstić information content (AvgIpc) is 2.92. The maximum absolute atomic E-state index is 12.6. The Morgan fingerprint density at radius 2 is 1.86 bits per heavy atom. The second kappa shape index (κ2) is 5.60. The van der Waals surface area contributed by atoms with Gasteiger partial charge in [0.2, 0.25) is 0 Å². The van der Waals surface area contributed by atoms with E-state index in [1.54, 1.807) is 0 Å². The lowest BCUT2D eigenvalue weighted by Gasteiger charge is -2.23. The molecule has 0 bridgehead atoms. The Labute approximate surface area is 125 Å². The third kappa shape index (κ3) is 2.64. The Bertz CT molecular complexity index is 666. The van der Waals surface area contributed by atoms with Gasteiger partial charge in [0.15, 0.2) is 6.10 Å². The lowest BCUT2D eigenvalue weighted by Crippen LogP contribution is -2.39. The van der Waals surface area contributed by atoms with E-state index in [1.807, 2.05) is 61.2 Å². The molecule has 1 atom stereocenters. The number of fused-ring (bicyclic) bond motifs is 1. The van der Waals surface area contributed by atoms with Gasteiger partial charge in [-0.3, -0.25) is 4.79 Å². The fourth-order valence-electron chi connectivity index (χ4n) is 2.72. The summed E-state index contributed by atoms with van der Waals surface area (Å²) in [5, 5.41) is 0. The van der Waals surface area contributed by atoms with Crippen LogP contribution in [0.5, 0.6) is 5.75 Å². The maximum Gasteiger partial charge on any atom is 0.267 e. The Morgan fingerprint density at radius 1 is 1.14 bits per heavy atom. The Morgan fingerprint density at radius 3 is 2.67 bits per heavy atom. The van der Waals surface area contributed by atoms with Crippen molar-refractivity contribution in [3.05, 3.63) is 59.7 Å². The van der Waals surface area contributed by atoms with E-state index in [0.717, 1.165) is 30.0 Å². The zero-order valence-corrected chi connectivity index (χ0v) is 12.4.